The standard InChI is InChI=1S/C29H32N4O7S/c1-22-3-7-24(8-4-22)33(41(36,37)27-13-11-25(38-2)12-14-27)20-28(34)31-30-19-23-5-9-26(10-6-23)40-21-29(35)32-15-17-39-18-16-32/h3-14,19H,15-18,20-21H2,1-2H3,(H,31,34). The van der Waals surface area contributed by atoms with Crippen molar-refractivity contribution in [3.05, 3.63) is 83.9 Å². The maximum Gasteiger partial charge on any atom is 0.264 e. The largest absolute Gasteiger partial charge is 0.497 e. The average Bonchev–Trinajstić information content (AvgIpc) is 3.00. The Bertz CT molecular complexity index is 1450. The minimum Gasteiger partial charge on any atom is -0.497 e. The Hall–Kier alpha value is -4.42. The molecule has 3 aromatic carbocycles. The minimum absolute atomic E-state index is 0.0177. The molecule has 1 fully saturated rings. The monoisotopic (exact) mass is 580 g/mol. The van der Waals surface area contributed by atoms with Gasteiger partial charge in [0.2, 0.25) is 0 Å². The topological polar surface area (TPSA) is 127 Å². The molecular weight excluding hydrogens is 548 g/mol. The SMILES string of the molecule is COc1ccc(S(=O)(=O)N(CC(=O)NN=Cc2ccc(OCC(=O)N3CCOCC3)cc2)c2ccc(C)cc2)cc1. The number of hydrogen-bond acceptors (Lipinski definition) is 8. The van der Waals surface area contributed by atoms with Gasteiger partial charge in [-0.1, -0.05) is 17.7 Å². The number of nitrogens with zero attached hydrogens (tertiary/aromatic N) is 3. The van der Waals surface area contributed by atoms with E-state index in [0.717, 1.165) is 9.87 Å². The summed E-state index contributed by atoms with van der Waals surface area (Å²) in [4.78, 5) is 26.7. The van der Waals surface area contributed by atoms with Gasteiger partial charge in [-0.05, 0) is 73.2 Å². The van der Waals surface area contributed by atoms with Crippen molar-refractivity contribution >= 4 is 33.7 Å². The molecule has 0 saturated carbocycles. The molecular formula is C29H32N4O7S. The van der Waals surface area contributed by atoms with Crippen LogP contribution in [0, 0.1) is 6.92 Å². The van der Waals surface area contributed by atoms with E-state index < -0.39 is 22.5 Å². The highest BCUT2D eigenvalue weighted by Crippen LogP contribution is 2.25. The van der Waals surface area contributed by atoms with Gasteiger partial charge in [-0.2, -0.15) is 5.10 Å². The third kappa shape index (κ3) is 8.05. The molecule has 1 heterocycles. The summed E-state index contributed by atoms with van der Waals surface area (Å²) in [5.41, 5.74) is 4.34. The van der Waals surface area contributed by atoms with Crippen LogP contribution in [0.25, 0.3) is 0 Å². The lowest BCUT2D eigenvalue weighted by Gasteiger charge is -2.26. The van der Waals surface area contributed by atoms with E-state index in [2.05, 4.69) is 10.5 Å². The van der Waals surface area contributed by atoms with Gasteiger partial charge in [-0.15, -0.1) is 0 Å². The molecule has 2 amide bonds. The van der Waals surface area contributed by atoms with Crippen LogP contribution in [0.5, 0.6) is 11.5 Å². The fraction of sp³-hybridized carbons (Fsp3) is 0.276. The molecule has 0 radical (unpaired) electrons. The number of methoxy groups -OCH3 is 1. The van der Waals surface area contributed by atoms with Crippen molar-refractivity contribution in [2.45, 2.75) is 11.8 Å². The summed E-state index contributed by atoms with van der Waals surface area (Å²) in [6.45, 7) is 3.49. The molecule has 3 aromatic rings. The number of amides is 2. The first-order valence-corrected chi connectivity index (χ1v) is 14.3. The zero-order chi connectivity index (χ0) is 29.2. The number of carbonyl (C=O) groups is 2. The molecule has 0 atom stereocenters. The second-order valence-corrected chi connectivity index (χ2v) is 11.0. The minimum atomic E-state index is -4.07. The molecule has 0 spiro atoms. The Labute approximate surface area is 239 Å². The van der Waals surface area contributed by atoms with Crippen LogP contribution in [0.15, 0.2) is 82.8 Å². The second-order valence-electron chi connectivity index (χ2n) is 9.17. The van der Waals surface area contributed by atoms with Crippen molar-refractivity contribution in [3.63, 3.8) is 0 Å². The third-order valence-corrected chi connectivity index (χ3v) is 8.05. The van der Waals surface area contributed by atoms with Crippen molar-refractivity contribution in [1.29, 1.82) is 0 Å². The van der Waals surface area contributed by atoms with E-state index in [1.165, 1.54) is 25.5 Å². The fourth-order valence-electron chi connectivity index (χ4n) is 3.94. The van der Waals surface area contributed by atoms with Gasteiger partial charge in [-0.3, -0.25) is 13.9 Å². The summed E-state index contributed by atoms with van der Waals surface area (Å²) in [5.74, 6) is 0.306. The number of benzene rings is 3. The third-order valence-electron chi connectivity index (χ3n) is 6.27. The van der Waals surface area contributed by atoms with E-state index >= 15 is 0 Å². The van der Waals surface area contributed by atoms with Gasteiger partial charge in [0.15, 0.2) is 6.61 Å². The first kappa shape index (κ1) is 29.6. The van der Waals surface area contributed by atoms with Crippen LogP contribution >= 0.6 is 0 Å². The lowest BCUT2D eigenvalue weighted by molar-refractivity contribution is -0.137. The number of aryl methyl sites for hydroxylation is 1. The normalized spacial score (nSPS) is 13.6. The number of sulfonamides is 1. The van der Waals surface area contributed by atoms with E-state index in [4.69, 9.17) is 14.2 Å². The number of nitrogens with one attached hydrogen (secondary N) is 1. The summed E-state index contributed by atoms with van der Waals surface area (Å²) in [6, 6.07) is 19.6. The van der Waals surface area contributed by atoms with Crippen molar-refractivity contribution in [3.8, 4) is 11.5 Å². The van der Waals surface area contributed by atoms with Gasteiger partial charge in [0.05, 0.1) is 37.1 Å². The summed E-state index contributed by atoms with van der Waals surface area (Å²) < 4.78 is 44.0. The van der Waals surface area contributed by atoms with E-state index in [9.17, 15) is 18.0 Å². The zero-order valence-electron chi connectivity index (χ0n) is 22.9. The van der Waals surface area contributed by atoms with Gasteiger partial charge >= 0.3 is 0 Å². The van der Waals surface area contributed by atoms with Crippen LogP contribution < -0.4 is 19.2 Å². The Morgan fingerprint density at radius 3 is 2.24 bits per heavy atom. The molecule has 1 saturated heterocycles. The van der Waals surface area contributed by atoms with E-state index in [1.807, 2.05) is 6.92 Å². The molecule has 0 bridgehead atoms. The van der Waals surface area contributed by atoms with E-state index in [1.54, 1.807) is 65.6 Å². The summed E-state index contributed by atoms with van der Waals surface area (Å²) in [6.07, 6.45) is 1.43. The highest BCUT2D eigenvalue weighted by Gasteiger charge is 2.27. The lowest BCUT2D eigenvalue weighted by atomic mass is 10.2. The molecule has 12 heteroatoms. The van der Waals surface area contributed by atoms with Crippen LogP contribution in [0.2, 0.25) is 0 Å². The quantitative estimate of drug-likeness (QED) is 0.273. The van der Waals surface area contributed by atoms with Crippen LogP contribution in [-0.4, -0.2) is 77.9 Å². The molecule has 1 aliphatic rings. The smallest absolute Gasteiger partial charge is 0.264 e. The van der Waals surface area contributed by atoms with Crippen molar-refractivity contribution < 1.29 is 32.2 Å². The van der Waals surface area contributed by atoms with Gasteiger partial charge in [0.1, 0.15) is 18.0 Å². The lowest BCUT2D eigenvalue weighted by Crippen LogP contribution is -2.42. The highest BCUT2D eigenvalue weighted by molar-refractivity contribution is 7.92. The Kier molecular flexibility index (Phi) is 9.93. The second kappa shape index (κ2) is 13.8. The van der Waals surface area contributed by atoms with Crippen LogP contribution in [0.4, 0.5) is 5.69 Å². The van der Waals surface area contributed by atoms with Gasteiger partial charge in [0, 0.05) is 13.1 Å². The zero-order valence-corrected chi connectivity index (χ0v) is 23.7. The van der Waals surface area contributed by atoms with E-state index in [-0.39, 0.29) is 17.4 Å². The molecule has 216 valence electrons. The number of hydrogen-bond donors (Lipinski definition) is 1. The van der Waals surface area contributed by atoms with Crippen LogP contribution in [-0.2, 0) is 24.3 Å². The Balaban J connectivity index is 1.37. The summed E-state index contributed by atoms with van der Waals surface area (Å²) >= 11 is 0. The number of morpholine rings is 1. The van der Waals surface area contributed by atoms with E-state index in [0.29, 0.717) is 49.1 Å². The number of anilines is 1. The summed E-state index contributed by atoms with van der Waals surface area (Å²) in [5, 5.41) is 3.97. The van der Waals surface area contributed by atoms with Crippen LogP contribution in [0.1, 0.15) is 11.1 Å². The Morgan fingerprint density at radius 2 is 1.61 bits per heavy atom. The van der Waals surface area contributed by atoms with Gasteiger partial charge in [0.25, 0.3) is 21.8 Å². The predicted octanol–water partition coefficient (Wildman–Crippen LogP) is 2.59. The predicted molar refractivity (Wildman–Crippen MR) is 154 cm³/mol. The highest BCUT2D eigenvalue weighted by atomic mass is 32.2. The molecule has 41 heavy (non-hydrogen) atoms. The number of carbonyl (C=O) groups excluding carboxylic acids is 2. The number of hydrazone groups is 1. The van der Waals surface area contributed by atoms with Crippen LogP contribution in [0.3, 0.4) is 0 Å². The molecule has 1 aliphatic heterocycles. The van der Waals surface area contributed by atoms with Crippen molar-refractivity contribution in [2.24, 2.45) is 5.10 Å². The van der Waals surface area contributed by atoms with Gasteiger partial charge in [-0.25, -0.2) is 13.8 Å². The summed E-state index contributed by atoms with van der Waals surface area (Å²) in [7, 11) is -2.58. The van der Waals surface area contributed by atoms with Crippen molar-refractivity contribution in [2.75, 3.05) is 50.9 Å². The molecule has 0 aromatic heterocycles. The average molecular weight is 581 g/mol. The molecule has 4 rings (SSSR count). The first-order valence-electron chi connectivity index (χ1n) is 12.9. The molecule has 0 unspecified atom stereocenters. The van der Waals surface area contributed by atoms with Crippen molar-refractivity contribution in [1.82, 2.24) is 10.3 Å². The Morgan fingerprint density at radius 1 is 0.976 bits per heavy atom. The molecule has 0 aliphatic carbocycles. The fourth-order valence-corrected chi connectivity index (χ4v) is 5.37. The van der Waals surface area contributed by atoms with Gasteiger partial charge < -0.3 is 19.1 Å². The maximum absolute atomic E-state index is 13.5. The number of rotatable bonds is 11. The molecule has 11 nitrogen and oxygen atoms in total. The maximum atomic E-state index is 13.5. The molecule has 1 N–H and O–H groups in total. The first-order chi connectivity index (χ1) is 19.8. The number of ether oxygens (including phenoxy) is 3.